The van der Waals surface area contributed by atoms with Crippen LogP contribution in [0.4, 0.5) is 5.69 Å². The van der Waals surface area contributed by atoms with E-state index in [1.807, 2.05) is 50.2 Å². The average molecular weight is 379 g/mol. The Kier molecular flexibility index (Phi) is 5.59. The second kappa shape index (κ2) is 7.78. The van der Waals surface area contributed by atoms with Gasteiger partial charge in [-0.3, -0.25) is 9.59 Å². The summed E-state index contributed by atoms with van der Waals surface area (Å²) in [5.74, 6) is -0.371. The highest BCUT2D eigenvalue weighted by molar-refractivity contribution is 6.00. The molecule has 1 fully saturated rings. The number of carbonyl (C=O) groups excluding carboxylic acids is 2. The average Bonchev–Trinajstić information content (AvgIpc) is 3.03. The summed E-state index contributed by atoms with van der Waals surface area (Å²) in [7, 11) is 0. The molecule has 4 nitrogen and oxygen atoms in total. The molecule has 1 unspecified atom stereocenters. The van der Waals surface area contributed by atoms with Crippen LogP contribution in [0.5, 0.6) is 0 Å². The van der Waals surface area contributed by atoms with Crippen molar-refractivity contribution in [3.8, 4) is 0 Å². The van der Waals surface area contributed by atoms with E-state index >= 15 is 0 Å². The summed E-state index contributed by atoms with van der Waals surface area (Å²) >= 11 is 0. The molecule has 0 radical (unpaired) electrons. The molecule has 0 aliphatic carbocycles. The Bertz CT molecular complexity index is 848. The third-order valence-electron chi connectivity index (χ3n) is 5.48. The van der Waals surface area contributed by atoms with E-state index in [4.69, 9.17) is 0 Å². The lowest BCUT2D eigenvalue weighted by molar-refractivity contribution is -0.126. The van der Waals surface area contributed by atoms with Crippen molar-refractivity contribution in [2.75, 3.05) is 11.4 Å². The van der Waals surface area contributed by atoms with Crippen LogP contribution in [-0.4, -0.2) is 18.4 Å². The molecule has 1 aliphatic heterocycles. The number of amides is 2. The molecule has 2 aromatic rings. The van der Waals surface area contributed by atoms with E-state index in [9.17, 15) is 9.59 Å². The van der Waals surface area contributed by atoms with Gasteiger partial charge in [-0.2, -0.15) is 0 Å². The fraction of sp³-hybridized carbons (Fsp3) is 0.417. The van der Waals surface area contributed by atoms with Crippen LogP contribution in [0.1, 0.15) is 56.8 Å². The van der Waals surface area contributed by atoms with Gasteiger partial charge in [-0.05, 0) is 42.5 Å². The fourth-order valence-corrected chi connectivity index (χ4v) is 3.54. The van der Waals surface area contributed by atoms with Crippen LogP contribution >= 0.6 is 0 Å². The quantitative estimate of drug-likeness (QED) is 0.850. The highest BCUT2D eigenvalue weighted by Crippen LogP contribution is 2.29. The van der Waals surface area contributed by atoms with Gasteiger partial charge in [0.05, 0.1) is 12.0 Å². The minimum atomic E-state index is -0.317. The summed E-state index contributed by atoms with van der Waals surface area (Å²) in [5.41, 5.74) is 4.42. The number of nitrogens with zero attached hydrogens (tertiary/aromatic N) is 1. The zero-order valence-electron chi connectivity index (χ0n) is 17.5. The first-order chi connectivity index (χ1) is 13.1. The van der Waals surface area contributed by atoms with Gasteiger partial charge in [0.25, 0.3) is 0 Å². The van der Waals surface area contributed by atoms with Gasteiger partial charge in [0.2, 0.25) is 11.8 Å². The van der Waals surface area contributed by atoms with Crippen LogP contribution in [0.25, 0.3) is 0 Å². The van der Waals surface area contributed by atoms with Crippen LogP contribution in [0.3, 0.4) is 0 Å². The van der Waals surface area contributed by atoms with Crippen molar-refractivity contribution in [2.24, 2.45) is 5.92 Å². The van der Waals surface area contributed by atoms with Crippen molar-refractivity contribution in [1.82, 2.24) is 5.32 Å². The molecular formula is C24H30N2O2. The summed E-state index contributed by atoms with van der Waals surface area (Å²) in [5, 5.41) is 3.06. The van der Waals surface area contributed by atoms with E-state index in [1.165, 1.54) is 11.1 Å². The van der Waals surface area contributed by atoms with Gasteiger partial charge in [-0.25, -0.2) is 0 Å². The molecule has 1 N–H and O–H groups in total. The molecule has 3 rings (SSSR count). The number of anilines is 1. The molecule has 1 aliphatic rings. The third-order valence-corrected chi connectivity index (χ3v) is 5.48. The second-order valence-electron chi connectivity index (χ2n) is 8.84. The van der Waals surface area contributed by atoms with Gasteiger partial charge in [-0.15, -0.1) is 0 Å². The number of hydrogen-bond acceptors (Lipinski definition) is 2. The minimum Gasteiger partial charge on any atom is -0.349 e. The Morgan fingerprint density at radius 1 is 1.07 bits per heavy atom. The van der Waals surface area contributed by atoms with Crippen molar-refractivity contribution in [2.45, 2.75) is 52.5 Å². The van der Waals surface area contributed by atoms with Crippen molar-refractivity contribution < 1.29 is 9.59 Å². The molecule has 0 aromatic heterocycles. The summed E-state index contributed by atoms with van der Waals surface area (Å²) < 4.78 is 0. The Labute approximate surface area is 167 Å². The second-order valence-corrected chi connectivity index (χ2v) is 8.84. The number of rotatable bonds is 4. The normalized spacial score (nSPS) is 18.2. The van der Waals surface area contributed by atoms with Crippen LogP contribution in [0.15, 0.2) is 48.5 Å². The van der Waals surface area contributed by atoms with Crippen LogP contribution < -0.4 is 10.2 Å². The first-order valence-electron chi connectivity index (χ1n) is 9.93. The molecule has 2 atom stereocenters. The van der Waals surface area contributed by atoms with E-state index in [1.54, 1.807) is 4.90 Å². The maximum absolute atomic E-state index is 12.7. The summed E-state index contributed by atoms with van der Waals surface area (Å²) in [6.07, 6.45) is 0.257. The molecule has 1 saturated heterocycles. The van der Waals surface area contributed by atoms with E-state index in [2.05, 4.69) is 38.2 Å². The van der Waals surface area contributed by atoms with Crippen molar-refractivity contribution in [1.29, 1.82) is 0 Å². The van der Waals surface area contributed by atoms with Crippen molar-refractivity contribution in [3.05, 3.63) is 65.2 Å². The van der Waals surface area contributed by atoms with E-state index in [-0.39, 0.29) is 35.6 Å². The summed E-state index contributed by atoms with van der Waals surface area (Å²) in [6, 6.07) is 16.2. The lowest BCUT2D eigenvalue weighted by Crippen LogP contribution is -2.34. The molecule has 0 spiro atoms. The van der Waals surface area contributed by atoms with Gasteiger partial charge >= 0.3 is 0 Å². The molecule has 0 saturated carbocycles. The Balaban J connectivity index is 1.65. The largest absolute Gasteiger partial charge is 0.349 e. The van der Waals surface area contributed by atoms with Gasteiger partial charge in [-0.1, -0.05) is 62.7 Å². The minimum absolute atomic E-state index is 0.00616. The molecule has 0 bridgehead atoms. The SMILES string of the molecule is Cc1ccc([C@H](C)NC(=O)C2CC(=O)N(c3ccc(C(C)(C)C)cc3)C2)cc1. The Hall–Kier alpha value is -2.62. The van der Waals surface area contributed by atoms with Gasteiger partial charge in [0.1, 0.15) is 0 Å². The predicted molar refractivity (Wildman–Crippen MR) is 113 cm³/mol. The highest BCUT2D eigenvalue weighted by atomic mass is 16.2. The number of benzene rings is 2. The molecule has 2 amide bonds. The maximum atomic E-state index is 12.7. The van der Waals surface area contributed by atoms with Gasteiger partial charge in [0, 0.05) is 18.7 Å². The number of hydrogen-bond donors (Lipinski definition) is 1. The van der Waals surface area contributed by atoms with Gasteiger partial charge in [0.15, 0.2) is 0 Å². The highest BCUT2D eigenvalue weighted by Gasteiger charge is 2.35. The van der Waals surface area contributed by atoms with Crippen LogP contribution in [0.2, 0.25) is 0 Å². The number of carbonyl (C=O) groups is 2. The zero-order chi connectivity index (χ0) is 20.5. The van der Waals surface area contributed by atoms with Crippen molar-refractivity contribution >= 4 is 17.5 Å². The van der Waals surface area contributed by atoms with E-state index in [0.29, 0.717) is 6.54 Å². The molecule has 28 heavy (non-hydrogen) atoms. The lowest BCUT2D eigenvalue weighted by atomic mass is 9.87. The first-order valence-corrected chi connectivity index (χ1v) is 9.93. The third kappa shape index (κ3) is 4.44. The fourth-order valence-electron chi connectivity index (χ4n) is 3.54. The molecule has 148 valence electrons. The standard InChI is InChI=1S/C24H30N2O2/c1-16-6-8-18(9-7-16)17(2)25-23(28)19-14-22(27)26(15-19)21-12-10-20(11-13-21)24(3,4)5/h6-13,17,19H,14-15H2,1-5H3,(H,25,28)/t17-,19?/m0/s1. The Morgan fingerprint density at radius 3 is 2.25 bits per heavy atom. The Morgan fingerprint density at radius 2 is 1.68 bits per heavy atom. The van der Waals surface area contributed by atoms with Crippen molar-refractivity contribution in [3.63, 3.8) is 0 Å². The lowest BCUT2D eigenvalue weighted by Gasteiger charge is -2.22. The maximum Gasteiger partial charge on any atom is 0.227 e. The molecule has 4 heteroatoms. The number of aryl methyl sites for hydroxylation is 1. The van der Waals surface area contributed by atoms with E-state index < -0.39 is 0 Å². The predicted octanol–water partition coefficient (Wildman–Crippen LogP) is 4.52. The zero-order valence-corrected chi connectivity index (χ0v) is 17.5. The molecular weight excluding hydrogens is 348 g/mol. The smallest absolute Gasteiger partial charge is 0.227 e. The van der Waals surface area contributed by atoms with E-state index in [0.717, 1.165) is 11.3 Å². The van der Waals surface area contributed by atoms with Crippen LogP contribution in [-0.2, 0) is 15.0 Å². The number of nitrogens with one attached hydrogen (secondary N) is 1. The van der Waals surface area contributed by atoms with Crippen LogP contribution in [0, 0.1) is 12.8 Å². The summed E-state index contributed by atoms with van der Waals surface area (Å²) in [4.78, 5) is 27.0. The van der Waals surface area contributed by atoms with Gasteiger partial charge < -0.3 is 10.2 Å². The molecule has 2 aromatic carbocycles. The summed E-state index contributed by atoms with van der Waals surface area (Å²) in [6.45, 7) is 10.9. The first kappa shape index (κ1) is 20.1. The molecule has 1 heterocycles. The monoisotopic (exact) mass is 378 g/mol. The topological polar surface area (TPSA) is 49.4 Å².